The van der Waals surface area contributed by atoms with Crippen molar-refractivity contribution in [1.29, 1.82) is 0 Å². The highest BCUT2D eigenvalue weighted by Crippen LogP contribution is 2.24. The Labute approximate surface area is 116 Å². The van der Waals surface area contributed by atoms with E-state index in [-0.39, 0.29) is 5.91 Å². The van der Waals surface area contributed by atoms with E-state index in [1.54, 1.807) is 30.1 Å². The maximum Gasteiger partial charge on any atom is 0.271 e. The zero-order valence-corrected chi connectivity index (χ0v) is 11.3. The lowest BCUT2D eigenvalue weighted by Crippen LogP contribution is -2.18. The number of amides is 1. The van der Waals surface area contributed by atoms with Crippen LogP contribution in [0.3, 0.4) is 0 Å². The molecule has 1 amide bonds. The first kappa shape index (κ1) is 13.6. The first-order valence-corrected chi connectivity index (χ1v) is 6.30. The molecule has 1 aromatic carbocycles. The van der Waals surface area contributed by atoms with E-state index in [2.05, 4.69) is 10.4 Å². The molecule has 0 atom stereocenters. The van der Waals surface area contributed by atoms with Crippen LogP contribution in [0.1, 0.15) is 16.1 Å². The van der Waals surface area contributed by atoms with Crippen molar-refractivity contribution in [3.05, 3.63) is 46.7 Å². The number of hydrogen-bond donors (Lipinski definition) is 2. The van der Waals surface area contributed by atoms with Crippen LogP contribution in [0.25, 0.3) is 5.69 Å². The lowest BCUT2D eigenvalue weighted by Gasteiger charge is -2.10. The highest BCUT2D eigenvalue weighted by Gasteiger charge is 2.13. The van der Waals surface area contributed by atoms with Gasteiger partial charge < -0.3 is 11.1 Å². The lowest BCUT2D eigenvalue weighted by molar-refractivity contribution is 0.0957. The Bertz CT molecular complexity index is 594. The van der Waals surface area contributed by atoms with Gasteiger partial charge in [-0.3, -0.25) is 4.79 Å². The van der Waals surface area contributed by atoms with Crippen LogP contribution in [0.4, 0.5) is 0 Å². The molecular formula is C13H15ClN4O. The van der Waals surface area contributed by atoms with Crippen molar-refractivity contribution in [2.24, 2.45) is 5.73 Å². The molecule has 0 unspecified atom stereocenters. The molecule has 0 fully saturated rings. The average molecular weight is 279 g/mol. The first-order valence-electron chi connectivity index (χ1n) is 5.93. The minimum Gasteiger partial charge on any atom is -0.354 e. The van der Waals surface area contributed by atoms with Crippen molar-refractivity contribution in [3.63, 3.8) is 0 Å². The van der Waals surface area contributed by atoms with Crippen LogP contribution < -0.4 is 11.1 Å². The van der Waals surface area contributed by atoms with Crippen LogP contribution >= 0.6 is 11.6 Å². The molecule has 19 heavy (non-hydrogen) atoms. The van der Waals surface area contributed by atoms with Gasteiger partial charge in [0, 0.05) is 13.2 Å². The van der Waals surface area contributed by atoms with E-state index in [1.165, 1.54) is 0 Å². The Morgan fingerprint density at radius 1 is 1.47 bits per heavy atom. The van der Waals surface area contributed by atoms with Gasteiger partial charge >= 0.3 is 0 Å². The highest BCUT2D eigenvalue weighted by molar-refractivity contribution is 6.32. The van der Waals surface area contributed by atoms with E-state index < -0.39 is 0 Å². The molecule has 1 aromatic heterocycles. The van der Waals surface area contributed by atoms with Gasteiger partial charge in [-0.1, -0.05) is 23.7 Å². The molecule has 5 nitrogen and oxygen atoms in total. The molecule has 1 heterocycles. The van der Waals surface area contributed by atoms with Crippen LogP contribution in [0.5, 0.6) is 0 Å². The summed E-state index contributed by atoms with van der Waals surface area (Å²) < 4.78 is 1.61. The number of halogens is 1. The number of carbonyl (C=O) groups is 1. The minimum absolute atomic E-state index is 0.230. The number of carbonyl (C=O) groups excluding carboxylic acids is 1. The standard InChI is InChI=1S/C13H15ClN4O/c1-16-13(19)11-6-8-18(17-11)12-9(5-7-15)3-2-4-10(12)14/h2-4,6,8H,5,7,15H2,1H3,(H,16,19). The van der Waals surface area contributed by atoms with Crippen LogP contribution in [0.2, 0.25) is 5.02 Å². The number of aromatic nitrogens is 2. The van der Waals surface area contributed by atoms with Gasteiger partial charge in [0.15, 0.2) is 5.69 Å². The van der Waals surface area contributed by atoms with Crippen molar-refractivity contribution in [2.45, 2.75) is 6.42 Å². The summed E-state index contributed by atoms with van der Waals surface area (Å²) >= 11 is 6.22. The average Bonchev–Trinajstić information content (AvgIpc) is 2.87. The normalized spacial score (nSPS) is 10.5. The van der Waals surface area contributed by atoms with Gasteiger partial charge in [-0.25, -0.2) is 4.68 Å². The molecule has 0 aliphatic rings. The molecule has 0 aliphatic carbocycles. The van der Waals surface area contributed by atoms with Gasteiger partial charge in [0.2, 0.25) is 0 Å². The molecule has 0 saturated carbocycles. The second-order valence-corrected chi connectivity index (χ2v) is 4.42. The van der Waals surface area contributed by atoms with Crippen LogP contribution in [0, 0.1) is 0 Å². The van der Waals surface area contributed by atoms with Crippen molar-refractivity contribution in [2.75, 3.05) is 13.6 Å². The molecule has 100 valence electrons. The molecule has 0 spiro atoms. The minimum atomic E-state index is -0.230. The Kier molecular flexibility index (Phi) is 4.19. The number of benzene rings is 1. The summed E-state index contributed by atoms with van der Waals surface area (Å²) in [5.41, 5.74) is 7.71. The molecule has 6 heteroatoms. The predicted molar refractivity (Wildman–Crippen MR) is 74.7 cm³/mol. The van der Waals surface area contributed by atoms with Gasteiger partial charge in [0.1, 0.15) is 0 Å². The van der Waals surface area contributed by atoms with Gasteiger partial charge in [-0.2, -0.15) is 5.10 Å². The number of nitrogens with one attached hydrogen (secondary N) is 1. The van der Waals surface area contributed by atoms with Gasteiger partial charge in [0.05, 0.1) is 10.7 Å². The number of rotatable bonds is 4. The summed E-state index contributed by atoms with van der Waals surface area (Å²) in [5, 5.41) is 7.35. The van der Waals surface area contributed by atoms with Crippen molar-refractivity contribution < 1.29 is 4.79 Å². The zero-order valence-electron chi connectivity index (χ0n) is 10.6. The molecule has 0 radical (unpaired) electrons. The quantitative estimate of drug-likeness (QED) is 0.888. The fourth-order valence-corrected chi connectivity index (χ4v) is 2.15. The Morgan fingerprint density at radius 3 is 2.95 bits per heavy atom. The Morgan fingerprint density at radius 2 is 2.26 bits per heavy atom. The van der Waals surface area contributed by atoms with Crippen molar-refractivity contribution in [1.82, 2.24) is 15.1 Å². The van der Waals surface area contributed by atoms with Gasteiger partial charge in [0.25, 0.3) is 5.91 Å². The maximum absolute atomic E-state index is 11.5. The van der Waals surface area contributed by atoms with Crippen LogP contribution in [-0.2, 0) is 6.42 Å². The summed E-state index contributed by atoms with van der Waals surface area (Å²) in [6, 6.07) is 7.27. The molecular weight excluding hydrogens is 264 g/mol. The first-order chi connectivity index (χ1) is 9.17. The van der Waals surface area contributed by atoms with Gasteiger partial charge in [-0.05, 0) is 30.7 Å². The molecule has 2 rings (SSSR count). The monoisotopic (exact) mass is 278 g/mol. The Hall–Kier alpha value is -1.85. The number of nitrogens with zero attached hydrogens (tertiary/aromatic N) is 2. The fraction of sp³-hybridized carbons (Fsp3) is 0.231. The third-order valence-corrected chi connectivity index (χ3v) is 3.07. The number of nitrogens with two attached hydrogens (primary N) is 1. The second-order valence-electron chi connectivity index (χ2n) is 4.01. The summed E-state index contributed by atoms with van der Waals surface area (Å²) in [7, 11) is 1.57. The number of para-hydroxylation sites is 1. The van der Waals surface area contributed by atoms with E-state index in [1.807, 2.05) is 12.1 Å². The van der Waals surface area contributed by atoms with E-state index in [4.69, 9.17) is 17.3 Å². The molecule has 0 saturated heterocycles. The predicted octanol–water partition coefficient (Wildman–Crippen LogP) is 1.39. The second kappa shape index (κ2) is 5.86. The van der Waals surface area contributed by atoms with E-state index in [9.17, 15) is 4.79 Å². The molecule has 2 aromatic rings. The smallest absolute Gasteiger partial charge is 0.271 e. The summed E-state index contributed by atoms with van der Waals surface area (Å²) in [6.45, 7) is 0.525. The van der Waals surface area contributed by atoms with Crippen LogP contribution in [-0.4, -0.2) is 29.3 Å². The molecule has 3 N–H and O–H groups in total. The Balaban J connectivity index is 2.46. The molecule has 0 aliphatic heterocycles. The maximum atomic E-state index is 11.5. The number of hydrogen-bond acceptors (Lipinski definition) is 3. The highest BCUT2D eigenvalue weighted by atomic mass is 35.5. The SMILES string of the molecule is CNC(=O)c1ccn(-c2c(Cl)cccc2CCN)n1. The van der Waals surface area contributed by atoms with E-state index >= 15 is 0 Å². The third-order valence-electron chi connectivity index (χ3n) is 2.76. The summed E-state index contributed by atoms with van der Waals surface area (Å²) in [4.78, 5) is 11.5. The van der Waals surface area contributed by atoms with Crippen LogP contribution in [0.15, 0.2) is 30.5 Å². The fourth-order valence-electron chi connectivity index (χ4n) is 1.87. The van der Waals surface area contributed by atoms with Crippen molar-refractivity contribution >= 4 is 17.5 Å². The van der Waals surface area contributed by atoms with Gasteiger partial charge in [-0.15, -0.1) is 0 Å². The van der Waals surface area contributed by atoms with E-state index in [0.29, 0.717) is 23.7 Å². The topological polar surface area (TPSA) is 72.9 Å². The third kappa shape index (κ3) is 2.77. The lowest BCUT2D eigenvalue weighted by atomic mass is 10.1. The largest absolute Gasteiger partial charge is 0.354 e. The summed E-state index contributed by atoms with van der Waals surface area (Å²) in [5.74, 6) is -0.230. The summed E-state index contributed by atoms with van der Waals surface area (Å²) in [6.07, 6.45) is 2.41. The molecule has 0 bridgehead atoms. The van der Waals surface area contributed by atoms with Crippen molar-refractivity contribution in [3.8, 4) is 5.69 Å². The van der Waals surface area contributed by atoms with E-state index in [0.717, 1.165) is 11.3 Å². The zero-order chi connectivity index (χ0) is 13.8.